The van der Waals surface area contributed by atoms with Gasteiger partial charge in [-0.2, -0.15) is 0 Å². The van der Waals surface area contributed by atoms with E-state index in [-0.39, 0.29) is 17.0 Å². The molecule has 35 heavy (non-hydrogen) atoms. The van der Waals surface area contributed by atoms with Crippen molar-refractivity contribution < 1.29 is 14.0 Å². The fraction of sp³-hybridized carbons (Fsp3) is 0.793. The molecule has 0 aromatic carbocycles. The lowest BCUT2D eigenvalue weighted by Gasteiger charge is -2.47. The van der Waals surface area contributed by atoms with Gasteiger partial charge in [0.05, 0.1) is 12.3 Å². The van der Waals surface area contributed by atoms with E-state index in [1.165, 1.54) is 55.7 Å². The zero-order chi connectivity index (χ0) is 25.0. The van der Waals surface area contributed by atoms with Gasteiger partial charge in [-0.3, -0.25) is 9.89 Å². The van der Waals surface area contributed by atoms with Crippen molar-refractivity contribution in [1.82, 2.24) is 4.90 Å². The molecule has 0 spiro atoms. The first-order valence-corrected chi connectivity index (χ1v) is 17.1. The number of carbonyl (C=O) groups excluding carboxylic acids is 1. The maximum Gasteiger partial charge on any atom is 0.414 e. The minimum Gasteiger partial charge on any atom is -0.546 e. The highest BCUT2D eigenvalue weighted by Crippen LogP contribution is 2.57. The van der Waals surface area contributed by atoms with Crippen molar-refractivity contribution in [3.63, 3.8) is 0 Å². The number of nitrogens with zero attached hydrogens (tertiary/aromatic N) is 2. The maximum atomic E-state index is 12.6. The summed E-state index contributed by atoms with van der Waals surface area (Å²) in [6.07, 6.45) is 14.5. The standard InChI is InChI=1S/C29H46N2O3Si/c1-19-10-9-11-21(30-19)16-20-17-26(34-35(5,6)29(2,3)4)24-18-25(31-14-15-33-28(31)32)22-12-7-8-13-23(22)27(20)24/h17-20,22-24,27H,7-16H2,1-6H3/t19-,20-,22+,23+,24-,27-/m0/s1. The van der Waals surface area contributed by atoms with Crippen molar-refractivity contribution in [3.8, 4) is 0 Å². The van der Waals surface area contributed by atoms with Crippen LogP contribution in [0.1, 0.15) is 79.1 Å². The van der Waals surface area contributed by atoms with Crippen LogP contribution in [0.4, 0.5) is 4.79 Å². The molecular weight excluding hydrogens is 452 g/mol. The van der Waals surface area contributed by atoms with Crippen molar-refractivity contribution in [3.05, 3.63) is 23.6 Å². The molecule has 6 atom stereocenters. The number of amides is 1. The Bertz CT molecular complexity index is 931. The molecule has 5 rings (SSSR count). The Hall–Kier alpha value is -1.56. The highest BCUT2D eigenvalue weighted by atomic mass is 28.4. The molecule has 3 aliphatic carbocycles. The number of aliphatic imine (C=N–C) groups is 1. The molecule has 0 N–H and O–H groups in total. The number of rotatable bonds is 5. The van der Waals surface area contributed by atoms with Gasteiger partial charge in [0.2, 0.25) is 8.32 Å². The van der Waals surface area contributed by atoms with Gasteiger partial charge in [0.15, 0.2) is 0 Å². The zero-order valence-electron chi connectivity index (χ0n) is 22.8. The minimum atomic E-state index is -1.98. The van der Waals surface area contributed by atoms with Crippen LogP contribution in [0.25, 0.3) is 0 Å². The molecule has 2 aliphatic heterocycles. The Labute approximate surface area is 213 Å². The molecule has 6 heteroatoms. The van der Waals surface area contributed by atoms with E-state index < -0.39 is 8.32 Å². The zero-order valence-corrected chi connectivity index (χ0v) is 23.8. The van der Waals surface area contributed by atoms with Gasteiger partial charge in [0.25, 0.3) is 0 Å². The number of carbonyl (C=O) groups is 1. The Morgan fingerprint density at radius 1 is 1.14 bits per heavy atom. The Morgan fingerprint density at radius 2 is 1.91 bits per heavy atom. The van der Waals surface area contributed by atoms with E-state index >= 15 is 0 Å². The van der Waals surface area contributed by atoms with Crippen LogP contribution in [0.5, 0.6) is 0 Å². The van der Waals surface area contributed by atoms with E-state index in [0.29, 0.717) is 42.9 Å². The predicted octanol–water partition coefficient (Wildman–Crippen LogP) is 7.31. The van der Waals surface area contributed by atoms with Gasteiger partial charge in [-0.15, -0.1) is 0 Å². The Balaban J connectivity index is 1.53. The van der Waals surface area contributed by atoms with E-state index in [0.717, 1.165) is 12.8 Å². The fourth-order valence-electron chi connectivity index (χ4n) is 7.09. The number of fused-ring (bicyclic) bond motifs is 3. The van der Waals surface area contributed by atoms with Crippen molar-refractivity contribution in [2.24, 2.45) is 34.6 Å². The van der Waals surface area contributed by atoms with E-state index in [2.05, 4.69) is 52.9 Å². The van der Waals surface area contributed by atoms with Gasteiger partial charge in [-0.1, -0.05) is 39.7 Å². The fourth-order valence-corrected chi connectivity index (χ4v) is 8.19. The Morgan fingerprint density at radius 3 is 2.60 bits per heavy atom. The second-order valence-electron chi connectivity index (χ2n) is 13.3. The summed E-state index contributed by atoms with van der Waals surface area (Å²) in [5.74, 6) is 3.56. The third kappa shape index (κ3) is 4.76. The predicted molar refractivity (Wildman–Crippen MR) is 144 cm³/mol. The lowest BCUT2D eigenvalue weighted by molar-refractivity contribution is 0.0946. The van der Waals surface area contributed by atoms with Crippen molar-refractivity contribution in [2.75, 3.05) is 13.2 Å². The summed E-state index contributed by atoms with van der Waals surface area (Å²) >= 11 is 0. The van der Waals surface area contributed by atoms with Crippen molar-refractivity contribution >= 4 is 20.1 Å². The molecule has 0 aromatic rings. The molecular formula is C29H46N2O3Si. The third-order valence-electron chi connectivity index (χ3n) is 9.87. The minimum absolute atomic E-state index is 0.150. The van der Waals surface area contributed by atoms with Gasteiger partial charge in [-0.25, -0.2) is 4.79 Å². The molecule has 0 aromatic heterocycles. The molecule has 1 saturated heterocycles. The number of cyclic esters (lactones) is 1. The maximum absolute atomic E-state index is 12.6. The van der Waals surface area contributed by atoms with E-state index in [1.54, 1.807) is 0 Å². The molecule has 5 aliphatic rings. The molecule has 0 unspecified atom stereocenters. The molecule has 194 valence electrons. The number of hydrogen-bond donors (Lipinski definition) is 0. The molecule has 1 saturated carbocycles. The summed E-state index contributed by atoms with van der Waals surface area (Å²) in [5.41, 5.74) is 2.65. The highest BCUT2D eigenvalue weighted by molar-refractivity contribution is 6.74. The van der Waals surface area contributed by atoms with Gasteiger partial charge in [-0.05, 0) is 87.4 Å². The molecule has 2 fully saturated rings. The summed E-state index contributed by atoms with van der Waals surface area (Å²) in [7, 11) is -1.98. The average molecular weight is 499 g/mol. The summed E-state index contributed by atoms with van der Waals surface area (Å²) in [6, 6.07) is 0.462. The van der Waals surface area contributed by atoms with Gasteiger partial charge >= 0.3 is 6.09 Å². The van der Waals surface area contributed by atoms with Crippen LogP contribution >= 0.6 is 0 Å². The first kappa shape index (κ1) is 25.1. The summed E-state index contributed by atoms with van der Waals surface area (Å²) in [4.78, 5) is 19.7. The number of allylic oxidation sites excluding steroid dienone is 3. The summed E-state index contributed by atoms with van der Waals surface area (Å²) in [6.45, 7) is 15.1. The molecule has 1 amide bonds. The van der Waals surface area contributed by atoms with E-state index in [4.69, 9.17) is 14.2 Å². The first-order chi connectivity index (χ1) is 16.5. The normalized spacial score (nSPS) is 35.5. The quantitative estimate of drug-likeness (QED) is 0.373. The largest absolute Gasteiger partial charge is 0.546 e. The lowest BCUT2D eigenvalue weighted by Crippen LogP contribution is -2.44. The van der Waals surface area contributed by atoms with Crippen LogP contribution in [0.2, 0.25) is 18.1 Å². The summed E-state index contributed by atoms with van der Waals surface area (Å²) < 4.78 is 12.5. The third-order valence-corrected chi connectivity index (χ3v) is 14.2. The number of ether oxygens (including phenoxy) is 1. The Kier molecular flexibility index (Phi) is 6.73. The average Bonchev–Trinajstić information content (AvgIpc) is 3.35. The van der Waals surface area contributed by atoms with Crippen LogP contribution in [0, 0.1) is 29.6 Å². The van der Waals surface area contributed by atoms with Gasteiger partial charge in [0.1, 0.15) is 6.61 Å². The molecule has 5 nitrogen and oxygen atoms in total. The van der Waals surface area contributed by atoms with Crippen molar-refractivity contribution in [2.45, 2.75) is 103 Å². The van der Waals surface area contributed by atoms with Crippen LogP contribution in [-0.2, 0) is 9.16 Å². The highest BCUT2D eigenvalue weighted by Gasteiger charge is 2.52. The molecule has 2 heterocycles. The number of hydrogen-bond acceptors (Lipinski definition) is 4. The molecule has 0 radical (unpaired) electrons. The van der Waals surface area contributed by atoms with Crippen LogP contribution in [-0.4, -0.2) is 44.2 Å². The topological polar surface area (TPSA) is 51.1 Å². The van der Waals surface area contributed by atoms with Gasteiger partial charge < -0.3 is 9.16 Å². The van der Waals surface area contributed by atoms with Crippen LogP contribution in [0.3, 0.4) is 0 Å². The SMILES string of the molecule is C[C@H]1CCCC(C[C@H]2C=C(O[Si](C)(C)C(C)(C)C)[C@@H]3C=C(N4CCOC4=O)[C@@H]4CCCC[C@H]4[C@H]23)=N1. The van der Waals surface area contributed by atoms with Crippen molar-refractivity contribution in [1.29, 1.82) is 0 Å². The summed E-state index contributed by atoms with van der Waals surface area (Å²) in [5, 5.41) is 0.150. The lowest BCUT2D eigenvalue weighted by atomic mass is 9.61. The van der Waals surface area contributed by atoms with E-state index in [1.807, 2.05) is 4.90 Å². The smallest absolute Gasteiger partial charge is 0.414 e. The monoisotopic (exact) mass is 498 g/mol. The van der Waals surface area contributed by atoms with Crippen LogP contribution in [0.15, 0.2) is 28.6 Å². The van der Waals surface area contributed by atoms with Crippen LogP contribution < -0.4 is 0 Å². The van der Waals surface area contributed by atoms with E-state index in [9.17, 15) is 4.79 Å². The second kappa shape index (κ2) is 9.39. The van der Waals surface area contributed by atoms with Gasteiger partial charge in [0, 0.05) is 29.3 Å². The first-order valence-electron chi connectivity index (χ1n) is 14.2. The second-order valence-corrected chi connectivity index (χ2v) is 18.0. The molecule has 0 bridgehead atoms.